The summed E-state index contributed by atoms with van der Waals surface area (Å²) in [6.07, 6.45) is -0.741. The van der Waals surface area contributed by atoms with Crippen LogP contribution < -0.4 is 20.1 Å². The first-order valence-electron chi connectivity index (χ1n) is 9.75. The maximum atomic E-state index is 12.5. The standard InChI is InChI=1S/C24H22N2O4/c1-16(17-7-3-2-4-8-17)25-23(27)18-11-13-19(14-12-18)26-24(28)22-15-29-20-9-5-6-10-21(20)30-22/h2-14,16,22H,15H2,1H3,(H,25,27)(H,26,28)/t16-,22-/m0/s1. The van der Waals surface area contributed by atoms with E-state index in [-0.39, 0.29) is 24.5 Å². The Morgan fingerprint density at radius 2 is 1.57 bits per heavy atom. The van der Waals surface area contributed by atoms with Gasteiger partial charge in [0.15, 0.2) is 11.5 Å². The molecule has 2 amide bonds. The summed E-state index contributed by atoms with van der Waals surface area (Å²) in [4.78, 5) is 25.0. The predicted octanol–water partition coefficient (Wildman–Crippen LogP) is 3.96. The normalized spacial score (nSPS) is 15.7. The Labute approximate surface area is 174 Å². The van der Waals surface area contributed by atoms with Crippen molar-refractivity contribution in [3.05, 3.63) is 90.0 Å². The zero-order valence-electron chi connectivity index (χ0n) is 16.5. The summed E-state index contributed by atoms with van der Waals surface area (Å²) < 4.78 is 11.3. The monoisotopic (exact) mass is 402 g/mol. The molecule has 0 unspecified atom stereocenters. The van der Waals surface area contributed by atoms with E-state index in [4.69, 9.17) is 9.47 Å². The first-order chi connectivity index (χ1) is 14.6. The van der Waals surface area contributed by atoms with Crippen LogP contribution >= 0.6 is 0 Å². The number of para-hydroxylation sites is 2. The van der Waals surface area contributed by atoms with Crippen molar-refractivity contribution >= 4 is 17.5 Å². The van der Waals surface area contributed by atoms with Crippen LogP contribution in [0.1, 0.15) is 28.9 Å². The van der Waals surface area contributed by atoms with Crippen LogP contribution in [-0.2, 0) is 4.79 Å². The molecule has 6 heteroatoms. The number of carbonyl (C=O) groups excluding carboxylic acids is 2. The van der Waals surface area contributed by atoms with Crippen LogP contribution in [-0.4, -0.2) is 24.5 Å². The predicted molar refractivity (Wildman–Crippen MR) is 114 cm³/mol. The van der Waals surface area contributed by atoms with E-state index in [9.17, 15) is 9.59 Å². The van der Waals surface area contributed by atoms with Gasteiger partial charge in [0.05, 0.1) is 6.04 Å². The Morgan fingerprint density at radius 1 is 0.900 bits per heavy atom. The highest BCUT2D eigenvalue weighted by atomic mass is 16.6. The highest BCUT2D eigenvalue weighted by Crippen LogP contribution is 2.31. The molecule has 1 aliphatic rings. The molecule has 2 atom stereocenters. The molecular weight excluding hydrogens is 380 g/mol. The van der Waals surface area contributed by atoms with Crippen LogP contribution in [0, 0.1) is 0 Å². The molecule has 0 fully saturated rings. The van der Waals surface area contributed by atoms with Gasteiger partial charge in [0.2, 0.25) is 6.10 Å². The molecule has 6 nitrogen and oxygen atoms in total. The van der Waals surface area contributed by atoms with Crippen molar-refractivity contribution in [2.75, 3.05) is 11.9 Å². The van der Waals surface area contributed by atoms with Crippen molar-refractivity contribution in [3.63, 3.8) is 0 Å². The summed E-state index contributed by atoms with van der Waals surface area (Å²) in [5.41, 5.74) is 2.13. The molecule has 4 rings (SSSR count). The van der Waals surface area contributed by atoms with Gasteiger partial charge >= 0.3 is 0 Å². The second-order valence-electron chi connectivity index (χ2n) is 7.04. The first kappa shape index (κ1) is 19.5. The van der Waals surface area contributed by atoms with E-state index >= 15 is 0 Å². The van der Waals surface area contributed by atoms with E-state index in [1.807, 2.05) is 49.4 Å². The molecule has 1 heterocycles. The lowest BCUT2D eigenvalue weighted by molar-refractivity contribution is -0.125. The van der Waals surface area contributed by atoms with Gasteiger partial charge in [0.25, 0.3) is 11.8 Å². The van der Waals surface area contributed by atoms with Gasteiger partial charge in [0, 0.05) is 11.3 Å². The quantitative estimate of drug-likeness (QED) is 0.677. The Bertz CT molecular complexity index is 1030. The minimum Gasteiger partial charge on any atom is -0.485 e. The van der Waals surface area contributed by atoms with Crippen LogP contribution in [0.25, 0.3) is 0 Å². The molecule has 3 aromatic carbocycles. The Kier molecular flexibility index (Phi) is 5.66. The van der Waals surface area contributed by atoms with Crippen molar-refractivity contribution in [2.45, 2.75) is 19.1 Å². The Hall–Kier alpha value is -3.80. The molecule has 0 radical (unpaired) electrons. The van der Waals surface area contributed by atoms with Crippen LogP contribution in [0.2, 0.25) is 0 Å². The number of ether oxygens (including phenoxy) is 2. The lowest BCUT2D eigenvalue weighted by Crippen LogP contribution is -2.40. The van der Waals surface area contributed by atoms with Crippen molar-refractivity contribution in [1.82, 2.24) is 5.32 Å². The molecular formula is C24H22N2O4. The summed E-state index contributed by atoms with van der Waals surface area (Å²) in [6.45, 7) is 2.08. The van der Waals surface area contributed by atoms with E-state index in [1.165, 1.54) is 0 Å². The Morgan fingerprint density at radius 3 is 2.30 bits per heavy atom. The fourth-order valence-corrected chi connectivity index (χ4v) is 3.18. The molecule has 0 aromatic heterocycles. The molecule has 1 aliphatic heterocycles. The molecule has 2 N–H and O–H groups in total. The minimum absolute atomic E-state index is 0.107. The van der Waals surface area contributed by atoms with Gasteiger partial charge in [-0.1, -0.05) is 42.5 Å². The zero-order valence-corrected chi connectivity index (χ0v) is 16.5. The molecule has 3 aromatic rings. The maximum Gasteiger partial charge on any atom is 0.269 e. The van der Waals surface area contributed by atoms with E-state index in [1.54, 1.807) is 36.4 Å². The zero-order chi connectivity index (χ0) is 20.9. The first-order valence-corrected chi connectivity index (χ1v) is 9.75. The molecule has 0 spiro atoms. The number of rotatable bonds is 5. The van der Waals surface area contributed by atoms with Crippen molar-refractivity contribution in [2.24, 2.45) is 0 Å². The van der Waals surface area contributed by atoms with Crippen LogP contribution in [0.4, 0.5) is 5.69 Å². The van der Waals surface area contributed by atoms with Gasteiger partial charge in [-0.05, 0) is 48.9 Å². The van der Waals surface area contributed by atoms with E-state index < -0.39 is 6.10 Å². The molecule has 30 heavy (non-hydrogen) atoms. The molecule has 0 saturated carbocycles. The lowest BCUT2D eigenvalue weighted by atomic mass is 10.1. The number of benzene rings is 3. The summed E-state index contributed by atoms with van der Waals surface area (Å²) in [5, 5.41) is 5.77. The third-order valence-corrected chi connectivity index (χ3v) is 4.86. The van der Waals surface area contributed by atoms with Crippen molar-refractivity contribution in [1.29, 1.82) is 0 Å². The summed E-state index contributed by atoms with van der Waals surface area (Å²) in [5.74, 6) is 0.689. The number of carbonyl (C=O) groups is 2. The van der Waals surface area contributed by atoms with Crippen LogP contribution in [0.5, 0.6) is 11.5 Å². The third kappa shape index (κ3) is 4.43. The van der Waals surface area contributed by atoms with E-state index in [2.05, 4.69) is 10.6 Å². The van der Waals surface area contributed by atoms with E-state index in [0.29, 0.717) is 22.7 Å². The second-order valence-corrected chi connectivity index (χ2v) is 7.04. The summed E-state index contributed by atoms with van der Waals surface area (Å²) >= 11 is 0. The van der Waals surface area contributed by atoms with Gasteiger partial charge in [-0.2, -0.15) is 0 Å². The van der Waals surface area contributed by atoms with Gasteiger partial charge in [0.1, 0.15) is 6.61 Å². The molecule has 0 bridgehead atoms. The van der Waals surface area contributed by atoms with Crippen molar-refractivity contribution < 1.29 is 19.1 Å². The smallest absolute Gasteiger partial charge is 0.269 e. The SMILES string of the molecule is C[C@H](NC(=O)c1ccc(NC(=O)[C@@H]2COc3ccccc3O2)cc1)c1ccccc1. The average molecular weight is 402 g/mol. The highest BCUT2D eigenvalue weighted by molar-refractivity contribution is 5.97. The van der Waals surface area contributed by atoms with Gasteiger partial charge in [-0.15, -0.1) is 0 Å². The number of anilines is 1. The third-order valence-electron chi connectivity index (χ3n) is 4.86. The second kappa shape index (κ2) is 8.69. The highest BCUT2D eigenvalue weighted by Gasteiger charge is 2.27. The fraction of sp³-hybridized carbons (Fsp3) is 0.167. The van der Waals surface area contributed by atoms with Crippen LogP contribution in [0.3, 0.4) is 0 Å². The van der Waals surface area contributed by atoms with E-state index in [0.717, 1.165) is 5.56 Å². The van der Waals surface area contributed by atoms with Gasteiger partial charge in [-0.25, -0.2) is 0 Å². The summed E-state index contributed by atoms with van der Waals surface area (Å²) in [6, 6.07) is 23.6. The number of amides is 2. The lowest BCUT2D eigenvalue weighted by Gasteiger charge is -2.25. The Balaban J connectivity index is 1.34. The summed E-state index contributed by atoms with van der Waals surface area (Å²) in [7, 11) is 0. The van der Waals surface area contributed by atoms with Crippen LogP contribution in [0.15, 0.2) is 78.9 Å². The van der Waals surface area contributed by atoms with Gasteiger partial charge in [-0.3, -0.25) is 9.59 Å². The van der Waals surface area contributed by atoms with Crippen molar-refractivity contribution in [3.8, 4) is 11.5 Å². The minimum atomic E-state index is -0.741. The largest absolute Gasteiger partial charge is 0.485 e. The topological polar surface area (TPSA) is 76.7 Å². The number of hydrogen-bond acceptors (Lipinski definition) is 4. The maximum absolute atomic E-state index is 12.5. The average Bonchev–Trinajstić information content (AvgIpc) is 2.79. The molecule has 0 saturated heterocycles. The van der Waals surface area contributed by atoms with Gasteiger partial charge < -0.3 is 20.1 Å². The fourth-order valence-electron chi connectivity index (χ4n) is 3.18. The number of hydrogen-bond donors (Lipinski definition) is 2. The molecule has 152 valence electrons. The molecule has 0 aliphatic carbocycles. The number of nitrogens with one attached hydrogen (secondary N) is 2. The number of fused-ring (bicyclic) bond motifs is 1.